The molecule has 0 fully saturated rings. The molecule has 0 aliphatic rings. The smallest absolute Gasteiger partial charge is 0.327 e. The maximum Gasteiger partial charge on any atom is 0.327 e. The fourth-order valence-electron chi connectivity index (χ4n) is 1.15. The molecular weight excluding hydrogens is 218 g/mol. The van der Waals surface area contributed by atoms with Crippen LogP contribution >= 0.6 is 11.6 Å². The zero-order chi connectivity index (χ0) is 10.8. The Labute approximate surface area is 90.6 Å². The molecule has 0 aliphatic carbocycles. The fourth-order valence-corrected chi connectivity index (χ4v) is 1.20. The van der Waals surface area contributed by atoms with E-state index in [1.54, 1.807) is 12.3 Å². The Kier molecular flexibility index (Phi) is 2.55. The maximum absolute atomic E-state index is 10.9. The summed E-state index contributed by atoms with van der Waals surface area (Å²) in [5.41, 5.74) is 1.50. The van der Waals surface area contributed by atoms with E-state index in [0.29, 0.717) is 5.65 Å². The Bertz CT molecular complexity index is 509. The summed E-state index contributed by atoms with van der Waals surface area (Å²) >= 11 is 5.30. The van der Waals surface area contributed by atoms with Crippen molar-refractivity contribution in [2.24, 2.45) is 0 Å². The normalized spacial score (nSPS) is 10.5. The minimum atomic E-state index is -0.531. The lowest BCUT2D eigenvalue weighted by Crippen LogP contribution is -2.09. The van der Waals surface area contributed by atoms with E-state index in [2.05, 4.69) is 10.1 Å². The third kappa shape index (κ3) is 2.07. The highest BCUT2D eigenvalue weighted by Gasteiger charge is 2.07. The lowest BCUT2D eigenvalue weighted by Gasteiger charge is -1.93. The monoisotopic (exact) mass is 225 g/mol. The van der Waals surface area contributed by atoms with E-state index in [1.807, 2.05) is 13.0 Å². The summed E-state index contributed by atoms with van der Waals surface area (Å²) in [6.45, 7) is 1.87. The molecule has 0 saturated carbocycles. The predicted molar refractivity (Wildman–Crippen MR) is 54.1 cm³/mol. The van der Waals surface area contributed by atoms with Gasteiger partial charge in [-0.15, -0.1) is 16.7 Å². The number of alkyl halides is 1. The molecule has 0 saturated heterocycles. The molecule has 2 aromatic heterocycles. The number of hydrogen-bond donors (Lipinski definition) is 0. The average Bonchev–Trinajstić information content (AvgIpc) is 2.59. The number of nitrogens with zero attached hydrogens (tertiary/aromatic N) is 3. The number of hydrogen-bond acceptors (Lipinski definition) is 4. The molecule has 0 unspecified atom stereocenters. The molecule has 0 bridgehead atoms. The largest absolute Gasteiger partial charge is 0.405 e. The molecule has 15 heavy (non-hydrogen) atoms. The average molecular weight is 226 g/mol. The molecule has 2 heterocycles. The van der Waals surface area contributed by atoms with Crippen LogP contribution < -0.4 is 4.74 Å². The number of carbonyl (C=O) groups is 1. The van der Waals surface area contributed by atoms with Gasteiger partial charge in [0.05, 0.1) is 0 Å². The van der Waals surface area contributed by atoms with Crippen molar-refractivity contribution in [2.75, 3.05) is 5.88 Å². The van der Waals surface area contributed by atoms with E-state index in [1.165, 1.54) is 4.52 Å². The Hall–Kier alpha value is -1.62. The van der Waals surface area contributed by atoms with E-state index < -0.39 is 5.97 Å². The summed E-state index contributed by atoms with van der Waals surface area (Å²) < 4.78 is 6.38. The van der Waals surface area contributed by atoms with Gasteiger partial charge in [-0.25, -0.2) is 9.50 Å². The molecule has 6 heteroatoms. The number of rotatable bonds is 2. The van der Waals surface area contributed by atoms with Crippen molar-refractivity contribution in [2.45, 2.75) is 6.92 Å². The molecule has 78 valence electrons. The minimum Gasteiger partial charge on any atom is -0.405 e. The lowest BCUT2D eigenvalue weighted by molar-refractivity contribution is -0.131. The SMILES string of the molecule is Cc1ccn2nc(OC(=O)CCl)cc2n1. The van der Waals surface area contributed by atoms with Crippen LogP contribution in [0.3, 0.4) is 0 Å². The van der Waals surface area contributed by atoms with Crippen LogP contribution in [0.2, 0.25) is 0 Å². The molecule has 0 amide bonds. The third-order valence-electron chi connectivity index (χ3n) is 1.77. The molecule has 2 aromatic rings. The van der Waals surface area contributed by atoms with E-state index >= 15 is 0 Å². The minimum absolute atomic E-state index is 0.194. The zero-order valence-corrected chi connectivity index (χ0v) is 8.73. The van der Waals surface area contributed by atoms with Crippen LogP contribution in [0.5, 0.6) is 5.88 Å². The van der Waals surface area contributed by atoms with Crippen molar-refractivity contribution in [3.63, 3.8) is 0 Å². The van der Waals surface area contributed by atoms with Crippen molar-refractivity contribution in [3.05, 3.63) is 24.0 Å². The molecule has 0 radical (unpaired) electrons. The number of fused-ring (bicyclic) bond motifs is 1. The van der Waals surface area contributed by atoms with Gasteiger partial charge in [0.1, 0.15) is 5.88 Å². The van der Waals surface area contributed by atoms with Gasteiger partial charge in [0.15, 0.2) is 5.65 Å². The number of halogens is 1. The summed E-state index contributed by atoms with van der Waals surface area (Å²) in [4.78, 5) is 15.1. The highest BCUT2D eigenvalue weighted by Crippen LogP contribution is 2.11. The van der Waals surface area contributed by atoms with Gasteiger partial charge in [0.25, 0.3) is 0 Å². The molecular formula is C9H8ClN3O2. The predicted octanol–water partition coefficient (Wildman–Crippen LogP) is 1.18. The molecule has 5 nitrogen and oxygen atoms in total. The van der Waals surface area contributed by atoms with E-state index in [0.717, 1.165) is 5.69 Å². The van der Waals surface area contributed by atoms with Crippen molar-refractivity contribution >= 4 is 23.2 Å². The molecule has 0 spiro atoms. The molecule has 0 aliphatic heterocycles. The fraction of sp³-hybridized carbons (Fsp3) is 0.222. The maximum atomic E-state index is 10.9. The third-order valence-corrected chi connectivity index (χ3v) is 1.99. The Morgan fingerprint density at radius 1 is 1.67 bits per heavy atom. The Balaban J connectivity index is 2.34. The highest BCUT2D eigenvalue weighted by atomic mass is 35.5. The second kappa shape index (κ2) is 3.86. The van der Waals surface area contributed by atoms with Crippen molar-refractivity contribution < 1.29 is 9.53 Å². The summed E-state index contributed by atoms with van der Waals surface area (Å²) in [5.74, 6) is -0.518. The van der Waals surface area contributed by atoms with Gasteiger partial charge in [-0.05, 0) is 13.0 Å². The first kappa shape index (κ1) is 9.92. The standard InChI is InChI=1S/C9H8ClN3O2/c1-6-2-3-13-7(11-6)4-8(12-13)15-9(14)5-10/h2-4H,5H2,1H3. The van der Waals surface area contributed by atoms with Crippen molar-refractivity contribution in [3.8, 4) is 5.88 Å². The van der Waals surface area contributed by atoms with Crippen LogP contribution in [-0.2, 0) is 4.79 Å². The number of aromatic nitrogens is 3. The lowest BCUT2D eigenvalue weighted by atomic mass is 10.4. The second-order valence-electron chi connectivity index (χ2n) is 2.96. The zero-order valence-electron chi connectivity index (χ0n) is 7.98. The van der Waals surface area contributed by atoms with Gasteiger partial charge in [0.2, 0.25) is 5.88 Å². The number of ether oxygens (including phenoxy) is 1. The van der Waals surface area contributed by atoms with Crippen LogP contribution in [0.4, 0.5) is 0 Å². The van der Waals surface area contributed by atoms with Gasteiger partial charge in [-0.2, -0.15) is 0 Å². The van der Waals surface area contributed by atoms with Crippen molar-refractivity contribution in [1.29, 1.82) is 0 Å². The van der Waals surface area contributed by atoms with Gasteiger partial charge in [-0.1, -0.05) is 0 Å². The molecule has 0 N–H and O–H groups in total. The van der Waals surface area contributed by atoms with Gasteiger partial charge in [-0.3, -0.25) is 4.79 Å². The Morgan fingerprint density at radius 3 is 3.20 bits per heavy atom. The molecule has 2 rings (SSSR count). The van der Waals surface area contributed by atoms with Crippen LogP contribution in [0, 0.1) is 6.92 Å². The highest BCUT2D eigenvalue weighted by molar-refractivity contribution is 6.26. The quantitative estimate of drug-likeness (QED) is 0.569. The van der Waals surface area contributed by atoms with Gasteiger partial charge in [0, 0.05) is 18.0 Å². The number of aryl methyl sites for hydroxylation is 1. The number of carbonyl (C=O) groups excluding carboxylic acids is 1. The van der Waals surface area contributed by atoms with Crippen LogP contribution in [0.15, 0.2) is 18.3 Å². The summed E-state index contributed by atoms with van der Waals surface area (Å²) in [6, 6.07) is 3.39. The number of esters is 1. The second-order valence-corrected chi connectivity index (χ2v) is 3.23. The van der Waals surface area contributed by atoms with E-state index in [9.17, 15) is 4.79 Å². The van der Waals surface area contributed by atoms with E-state index in [4.69, 9.17) is 16.3 Å². The topological polar surface area (TPSA) is 56.5 Å². The van der Waals surface area contributed by atoms with Crippen LogP contribution in [-0.4, -0.2) is 26.4 Å². The van der Waals surface area contributed by atoms with Crippen LogP contribution in [0.25, 0.3) is 5.65 Å². The summed E-state index contributed by atoms with van der Waals surface area (Å²) in [6.07, 6.45) is 1.75. The first-order valence-corrected chi connectivity index (χ1v) is 4.82. The van der Waals surface area contributed by atoms with Gasteiger partial charge < -0.3 is 4.74 Å². The summed E-state index contributed by atoms with van der Waals surface area (Å²) in [5, 5.41) is 3.99. The van der Waals surface area contributed by atoms with E-state index in [-0.39, 0.29) is 11.8 Å². The molecule has 0 aromatic carbocycles. The van der Waals surface area contributed by atoms with Gasteiger partial charge >= 0.3 is 5.97 Å². The summed E-state index contributed by atoms with van der Waals surface area (Å²) in [7, 11) is 0. The first-order chi connectivity index (χ1) is 7.19. The molecule has 0 atom stereocenters. The van der Waals surface area contributed by atoms with Crippen molar-refractivity contribution in [1.82, 2.24) is 14.6 Å². The Morgan fingerprint density at radius 2 is 2.47 bits per heavy atom. The van der Waals surface area contributed by atoms with Crippen LogP contribution in [0.1, 0.15) is 5.69 Å². The first-order valence-electron chi connectivity index (χ1n) is 4.29.